The summed E-state index contributed by atoms with van der Waals surface area (Å²) in [4.78, 5) is 17.0. The van der Waals surface area contributed by atoms with E-state index in [0.29, 0.717) is 0 Å². The molecule has 0 aromatic carbocycles. The third-order valence-corrected chi connectivity index (χ3v) is 0. The van der Waals surface area contributed by atoms with Gasteiger partial charge in [-0.15, -0.1) is 0 Å². The van der Waals surface area contributed by atoms with E-state index < -0.39 is 19.6 Å². The van der Waals surface area contributed by atoms with Crippen LogP contribution in [0.5, 0.6) is 0 Å². The van der Waals surface area contributed by atoms with E-state index in [1.54, 1.807) is 0 Å². The Balaban J connectivity index is -0.0000000910. The molecule has 0 radical (unpaired) electrons. The van der Waals surface area contributed by atoms with Crippen molar-refractivity contribution < 1.29 is 61.1 Å². The van der Waals surface area contributed by atoms with Gasteiger partial charge >= 0.3 is 29.6 Å². The maximum atomic E-state index is 8.52. The van der Waals surface area contributed by atoms with Gasteiger partial charge in [0, 0.05) is 19.6 Å². The zero-order valence-corrected chi connectivity index (χ0v) is 8.58. The van der Waals surface area contributed by atoms with Crippen molar-refractivity contribution >= 4 is 19.6 Å². The molecule has 0 fully saturated rings. The first-order valence-electron chi connectivity index (χ1n) is 1.28. The van der Waals surface area contributed by atoms with Gasteiger partial charge in [0.05, 0.1) is 0 Å². The van der Waals surface area contributed by atoms with Gasteiger partial charge in [-0.3, -0.25) is 8.42 Å². The molecule has 0 amide bonds. The Morgan fingerprint density at radius 1 is 1.10 bits per heavy atom. The van der Waals surface area contributed by atoms with E-state index in [4.69, 9.17) is 31.6 Å². The van der Waals surface area contributed by atoms with Crippen LogP contribution in [-0.4, -0.2) is 26.7 Å². The van der Waals surface area contributed by atoms with Gasteiger partial charge in [-0.1, -0.05) is 0 Å². The summed E-state index contributed by atoms with van der Waals surface area (Å²) in [6.07, 6.45) is 0. The summed E-state index contributed by atoms with van der Waals surface area (Å²) in [7, 11) is -8.80. The van der Waals surface area contributed by atoms with Crippen LogP contribution < -0.4 is 39.1 Å². The van der Waals surface area contributed by atoms with Crippen molar-refractivity contribution in [3.63, 3.8) is 0 Å². The molecule has 0 N–H and O–H groups in total. The van der Waals surface area contributed by atoms with Crippen LogP contribution in [0.4, 0.5) is 0 Å². The monoisotopic (exact) mass is 195 g/mol. The predicted octanol–water partition coefficient (Wildman–Crippen LogP) is -7.21. The molecular formula is NaO7SSi-3. The molecule has 0 bridgehead atoms. The van der Waals surface area contributed by atoms with Gasteiger partial charge in [0.15, 0.2) is 0 Å². The van der Waals surface area contributed by atoms with Crippen LogP contribution in [0.3, 0.4) is 0 Å². The summed E-state index contributed by atoms with van der Waals surface area (Å²) in [5.41, 5.74) is 0. The van der Waals surface area contributed by atoms with Crippen LogP contribution >= 0.6 is 0 Å². The van der Waals surface area contributed by atoms with Crippen molar-refractivity contribution in [2.75, 3.05) is 0 Å². The van der Waals surface area contributed by atoms with E-state index in [0.717, 1.165) is 0 Å². The van der Waals surface area contributed by atoms with E-state index in [1.807, 2.05) is 0 Å². The number of hydrogen-bond acceptors (Lipinski definition) is 7. The van der Waals surface area contributed by atoms with E-state index in [-0.39, 0.29) is 29.6 Å². The average Bonchev–Trinajstić information content (AvgIpc) is 1.19. The van der Waals surface area contributed by atoms with Crippen LogP contribution in [0.2, 0.25) is 0 Å². The summed E-state index contributed by atoms with van der Waals surface area (Å²) in [5.74, 6) is 0. The standard InChI is InChI=1S/Na.H2O4S.O3Si/c;1-5(2,3)4;1-4(2)3/h;(H2,1,2,3,4);/q+1;;-2/p-2. The first-order chi connectivity index (χ1) is 3.73. The van der Waals surface area contributed by atoms with Crippen LogP contribution in [0.25, 0.3) is 0 Å². The van der Waals surface area contributed by atoms with Crippen molar-refractivity contribution in [2.24, 2.45) is 0 Å². The smallest absolute Gasteiger partial charge is 0.759 e. The summed E-state index contributed by atoms with van der Waals surface area (Å²) >= 11 is 0. The maximum absolute atomic E-state index is 8.52. The second kappa shape index (κ2) is 7.59. The summed E-state index contributed by atoms with van der Waals surface area (Å²) in [6, 6.07) is 0. The van der Waals surface area contributed by atoms with Gasteiger partial charge in [0.25, 0.3) is 0 Å². The van der Waals surface area contributed by atoms with Gasteiger partial charge in [0.2, 0.25) is 0 Å². The zero-order valence-electron chi connectivity index (χ0n) is 4.77. The fourth-order valence-electron chi connectivity index (χ4n) is 0. The van der Waals surface area contributed by atoms with Crippen molar-refractivity contribution in [1.82, 2.24) is 0 Å². The molecule has 10 heavy (non-hydrogen) atoms. The molecule has 0 saturated carbocycles. The molecular weight excluding hydrogens is 195 g/mol. The minimum atomic E-state index is -5.17. The molecule has 0 spiro atoms. The average molecular weight is 195 g/mol. The largest absolute Gasteiger partial charge is 1.00 e. The summed E-state index contributed by atoms with van der Waals surface area (Å²) in [5, 5.41) is 0. The van der Waals surface area contributed by atoms with Crippen LogP contribution in [0, 0.1) is 0 Å². The Morgan fingerprint density at radius 2 is 1.10 bits per heavy atom. The van der Waals surface area contributed by atoms with Crippen LogP contribution in [0.1, 0.15) is 0 Å². The van der Waals surface area contributed by atoms with Crippen LogP contribution in [0.15, 0.2) is 0 Å². The minimum Gasteiger partial charge on any atom is -0.759 e. The predicted molar refractivity (Wildman–Crippen MR) is 16.9 cm³/mol. The van der Waals surface area contributed by atoms with Crippen molar-refractivity contribution in [1.29, 1.82) is 0 Å². The molecule has 0 atom stereocenters. The molecule has 0 rings (SSSR count). The van der Waals surface area contributed by atoms with Gasteiger partial charge in [-0.05, 0) is 0 Å². The van der Waals surface area contributed by atoms with E-state index in [9.17, 15) is 0 Å². The molecule has 0 heterocycles. The second-order valence-corrected chi connectivity index (χ2v) is 1.97. The second-order valence-electron chi connectivity index (χ2n) is 0.658. The Bertz CT molecular complexity index is 156. The van der Waals surface area contributed by atoms with Gasteiger partial charge in [0.1, 0.15) is 0 Å². The topological polar surface area (TPSA) is 143 Å². The Morgan fingerprint density at radius 3 is 1.10 bits per heavy atom. The molecule has 0 aliphatic heterocycles. The fraction of sp³-hybridized carbons (Fsp3) is 0. The van der Waals surface area contributed by atoms with E-state index in [2.05, 4.69) is 0 Å². The van der Waals surface area contributed by atoms with Crippen molar-refractivity contribution in [3.8, 4) is 0 Å². The minimum absolute atomic E-state index is 0. The molecule has 56 valence electrons. The third-order valence-electron chi connectivity index (χ3n) is 0. The number of hydrogen-bond donors (Lipinski definition) is 0. The first-order valence-corrected chi connectivity index (χ1v) is 3.84. The van der Waals surface area contributed by atoms with Crippen LogP contribution in [-0.2, 0) is 14.9 Å². The molecule has 7 nitrogen and oxygen atoms in total. The Kier molecular flexibility index (Phi) is 12.8. The summed E-state index contributed by atoms with van der Waals surface area (Å²) < 4.78 is 42.6. The molecule has 0 aliphatic rings. The fourth-order valence-corrected chi connectivity index (χ4v) is 0. The van der Waals surface area contributed by atoms with Crippen molar-refractivity contribution in [2.45, 2.75) is 0 Å². The first kappa shape index (κ1) is 16.8. The quantitative estimate of drug-likeness (QED) is 0.212. The molecule has 10 heteroatoms. The number of rotatable bonds is 0. The maximum Gasteiger partial charge on any atom is 1.00 e. The van der Waals surface area contributed by atoms with Gasteiger partial charge < -0.3 is 23.2 Å². The normalized spacial score (nSPS) is 8.20. The Labute approximate surface area is 80.5 Å². The zero-order chi connectivity index (χ0) is 8.08. The molecule has 0 saturated heterocycles. The molecule has 0 unspecified atom stereocenters. The van der Waals surface area contributed by atoms with Gasteiger partial charge in [-0.25, -0.2) is 0 Å². The third kappa shape index (κ3) is 2010. The van der Waals surface area contributed by atoms with Crippen molar-refractivity contribution in [3.05, 3.63) is 0 Å². The van der Waals surface area contributed by atoms with E-state index >= 15 is 0 Å². The molecule has 0 aliphatic carbocycles. The molecule has 0 aromatic rings. The van der Waals surface area contributed by atoms with E-state index in [1.165, 1.54) is 0 Å². The summed E-state index contributed by atoms with van der Waals surface area (Å²) in [6.45, 7) is 0. The van der Waals surface area contributed by atoms with Gasteiger partial charge in [-0.2, -0.15) is 0 Å². The SMILES string of the molecule is O=S(=O)([O-])[O-].O=[Si]([O-])[O-].[Na+]. The Hall–Kier alpha value is 0.487. The molecule has 0 aromatic heterocycles.